The number of imidazole rings is 1. The maximum atomic E-state index is 11.6. The molecule has 0 aliphatic carbocycles. The number of fused-ring (bicyclic) bond motifs is 3. The van der Waals surface area contributed by atoms with Gasteiger partial charge in [-0.25, -0.2) is 14.8 Å². The number of hydrogen-bond acceptors (Lipinski definition) is 4. The van der Waals surface area contributed by atoms with Crippen molar-refractivity contribution in [1.29, 1.82) is 0 Å². The maximum Gasteiger partial charge on any atom is 0.413 e. The van der Waals surface area contributed by atoms with Crippen LogP contribution in [0.4, 0.5) is 10.6 Å². The van der Waals surface area contributed by atoms with E-state index in [1.807, 2.05) is 12.3 Å². The molecule has 0 unspecified atom stereocenters. The van der Waals surface area contributed by atoms with E-state index in [-0.39, 0.29) is 0 Å². The first-order chi connectivity index (χ1) is 12.1. The number of aromatic nitrogens is 3. The highest BCUT2D eigenvalue weighted by Gasteiger charge is 2.27. The Morgan fingerprint density at radius 1 is 1.40 bits per heavy atom. The van der Waals surface area contributed by atoms with Crippen molar-refractivity contribution in [3.8, 4) is 17.0 Å². The van der Waals surface area contributed by atoms with E-state index in [4.69, 9.17) is 16.3 Å². The molecule has 3 aromatic rings. The number of amides is 1. The number of aryl methyl sites for hydroxylation is 1. The first-order valence-electron chi connectivity index (χ1n) is 7.80. The molecule has 1 amide bonds. The summed E-state index contributed by atoms with van der Waals surface area (Å²) in [5.41, 5.74) is 2.97. The molecule has 0 fully saturated rings. The van der Waals surface area contributed by atoms with E-state index >= 15 is 0 Å². The van der Waals surface area contributed by atoms with Crippen molar-refractivity contribution < 1.29 is 14.6 Å². The van der Waals surface area contributed by atoms with E-state index in [1.165, 1.54) is 4.90 Å². The molecule has 1 aliphatic heterocycles. The fourth-order valence-electron chi connectivity index (χ4n) is 3.12. The average Bonchev–Trinajstić information content (AvgIpc) is 2.98. The molecule has 0 bridgehead atoms. The molecule has 0 saturated heterocycles. The third kappa shape index (κ3) is 2.56. The maximum absolute atomic E-state index is 11.6. The monoisotopic (exact) mass is 358 g/mol. The number of carbonyl (C=O) groups is 1. The summed E-state index contributed by atoms with van der Waals surface area (Å²) in [4.78, 5) is 21.7. The van der Waals surface area contributed by atoms with E-state index in [2.05, 4.69) is 9.97 Å². The molecule has 0 atom stereocenters. The van der Waals surface area contributed by atoms with Crippen molar-refractivity contribution in [2.24, 2.45) is 0 Å². The molecule has 1 N–H and O–H groups in total. The van der Waals surface area contributed by atoms with Gasteiger partial charge in [-0.05, 0) is 18.9 Å². The highest BCUT2D eigenvalue weighted by Crippen LogP contribution is 2.34. The standard InChI is InChI=1S/C17H15ClN4O3/c1-25-15-5-4-10(8-19-15)11-9-22-14(7-12(11)18)20-13-3-2-6-21(16(13)22)17(23)24/h4-5,7-9H,2-3,6H2,1H3,(H,23,24). The normalized spacial score (nSPS) is 13.8. The van der Waals surface area contributed by atoms with Crippen LogP contribution < -0.4 is 9.64 Å². The molecule has 7 nitrogen and oxygen atoms in total. The molecule has 128 valence electrons. The first-order valence-corrected chi connectivity index (χ1v) is 8.17. The number of methoxy groups -OCH3 is 1. The van der Waals surface area contributed by atoms with Crippen molar-refractivity contribution in [3.05, 3.63) is 41.3 Å². The molecule has 3 aromatic heterocycles. The summed E-state index contributed by atoms with van der Waals surface area (Å²) >= 11 is 6.43. The number of anilines is 1. The van der Waals surface area contributed by atoms with Gasteiger partial charge in [-0.1, -0.05) is 11.6 Å². The molecule has 8 heteroatoms. The lowest BCUT2D eigenvalue weighted by molar-refractivity contribution is 0.201. The molecule has 1 aliphatic rings. The van der Waals surface area contributed by atoms with Crippen LogP contribution in [0, 0.1) is 0 Å². The summed E-state index contributed by atoms with van der Waals surface area (Å²) in [7, 11) is 1.55. The summed E-state index contributed by atoms with van der Waals surface area (Å²) in [5.74, 6) is 1.10. The first kappa shape index (κ1) is 15.7. The lowest BCUT2D eigenvalue weighted by atomic mass is 10.1. The molecular weight excluding hydrogens is 344 g/mol. The van der Waals surface area contributed by atoms with E-state index in [0.717, 1.165) is 29.7 Å². The van der Waals surface area contributed by atoms with Crippen molar-refractivity contribution >= 4 is 29.2 Å². The van der Waals surface area contributed by atoms with Crippen LogP contribution in [0.1, 0.15) is 12.1 Å². The van der Waals surface area contributed by atoms with Crippen LogP contribution in [0.25, 0.3) is 16.8 Å². The Bertz CT molecular complexity index is 968. The third-order valence-corrected chi connectivity index (χ3v) is 4.61. The van der Waals surface area contributed by atoms with Gasteiger partial charge in [-0.15, -0.1) is 0 Å². The van der Waals surface area contributed by atoms with Crippen molar-refractivity contribution in [3.63, 3.8) is 0 Å². The Labute approximate surface area is 148 Å². The number of nitrogens with zero attached hydrogens (tertiary/aromatic N) is 4. The van der Waals surface area contributed by atoms with Gasteiger partial charge in [0.15, 0.2) is 0 Å². The Morgan fingerprint density at radius 2 is 2.24 bits per heavy atom. The predicted molar refractivity (Wildman–Crippen MR) is 93.7 cm³/mol. The highest BCUT2D eigenvalue weighted by molar-refractivity contribution is 6.33. The number of hydrogen-bond donors (Lipinski definition) is 1. The fraction of sp³-hybridized carbons (Fsp3) is 0.235. The number of halogens is 1. The Hall–Kier alpha value is -2.80. The van der Waals surface area contributed by atoms with E-state index in [0.29, 0.717) is 28.9 Å². The molecular formula is C17H15ClN4O3. The van der Waals surface area contributed by atoms with Gasteiger partial charge in [0.05, 0.1) is 17.8 Å². The molecule has 0 saturated carbocycles. The molecule has 0 spiro atoms. The van der Waals surface area contributed by atoms with Crippen LogP contribution in [0.3, 0.4) is 0 Å². The lowest BCUT2D eigenvalue weighted by Gasteiger charge is -2.24. The zero-order valence-corrected chi connectivity index (χ0v) is 14.2. The minimum atomic E-state index is -0.981. The SMILES string of the molecule is COc1ccc(-c2cn3c4c(nc3cc2Cl)CCCN4C(=O)O)cn1. The van der Waals surface area contributed by atoms with Crippen LogP contribution in [-0.2, 0) is 6.42 Å². The predicted octanol–water partition coefficient (Wildman–Crippen LogP) is 3.49. The Balaban J connectivity index is 1.90. The average molecular weight is 359 g/mol. The second-order valence-electron chi connectivity index (χ2n) is 5.77. The summed E-state index contributed by atoms with van der Waals surface area (Å²) in [6.45, 7) is 0.457. The quantitative estimate of drug-likeness (QED) is 0.758. The summed E-state index contributed by atoms with van der Waals surface area (Å²) in [6, 6.07) is 5.36. The minimum absolute atomic E-state index is 0.457. The second-order valence-corrected chi connectivity index (χ2v) is 6.18. The largest absolute Gasteiger partial charge is 0.481 e. The van der Waals surface area contributed by atoms with Crippen molar-refractivity contribution in [2.75, 3.05) is 18.6 Å². The van der Waals surface area contributed by atoms with Gasteiger partial charge in [0, 0.05) is 42.2 Å². The number of pyridine rings is 2. The second kappa shape index (κ2) is 5.93. The van der Waals surface area contributed by atoms with Crippen LogP contribution in [0.15, 0.2) is 30.6 Å². The van der Waals surface area contributed by atoms with E-state index in [1.54, 1.807) is 29.8 Å². The molecule has 0 aromatic carbocycles. The van der Waals surface area contributed by atoms with Crippen LogP contribution in [0.2, 0.25) is 5.02 Å². The number of rotatable bonds is 2. The van der Waals surface area contributed by atoms with Crippen LogP contribution >= 0.6 is 11.6 Å². The fourth-order valence-corrected chi connectivity index (χ4v) is 3.38. The lowest BCUT2D eigenvalue weighted by Crippen LogP contribution is -2.34. The minimum Gasteiger partial charge on any atom is -0.481 e. The molecule has 0 radical (unpaired) electrons. The van der Waals surface area contributed by atoms with Gasteiger partial charge in [0.1, 0.15) is 11.5 Å². The topological polar surface area (TPSA) is 80.0 Å². The smallest absolute Gasteiger partial charge is 0.413 e. The third-order valence-electron chi connectivity index (χ3n) is 4.29. The Kier molecular flexibility index (Phi) is 3.73. The van der Waals surface area contributed by atoms with Crippen molar-refractivity contribution in [2.45, 2.75) is 12.8 Å². The highest BCUT2D eigenvalue weighted by atomic mass is 35.5. The van der Waals surface area contributed by atoms with Gasteiger partial charge in [0.2, 0.25) is 5.88 Å². The van der Waals surface area contributed by atoms with Gasteiger partial charge >= 0.3 is 6.09 Å². The molecule has 25 heavy (non-hydrogen) atoms. The summed E-state index contributed by atoms with van der Waals surface area (Å²) < 4.78 is 6.86. The van der Waals surface area contributed by atoms with Crippen LogP contribution in [-0.4, -0.2) is 39.2 Å². The Morgan fingerprint density at radius 3 is 2.92 bits per heavy atom. The van der Waals surface area contributed by atoms with Gasteiger partial charge in [-0.3, -0.25) is 9.30 Å². The molecule has 4 rings (SSSR count). The molecule has 4 heterocycles. The summed E-state index contributed by atoms with van der Waals surface area (Å²) in [6.07, 6.45) is 4.01. The number of carboxylic acid groups (broad SMARTS) is 1. The summed E-state index contributed by atoms with van der Waals surface area (Å²) in [5, 5.41) is 10.0. The van der Waals surface area contributed by atoms with Gasteiger partial charge in [-0.2, -0.15) is 0 Å². The van der Waals surface area contributed by atoms with Crippen LogP contribution in [0.5, 0.6) is 5.88 Å². The van der Waals surface area contributed by atoms with Gasteiger partial charge < -0.3 is 9.84 Å². The zero-order chi connectivity index (χ0) is 17.6. The van der Waals surface area contributed by atoms with Crippen molar-refractivity contribution in [1.82, 2.24) is 14.4 Å². The van der Waals surface area contributed by atoms with E-state index < -0.39 is 6.09 Å². The van der Waals surface area contributed by atoms with E-state index in [9.17, 15) is 9.90 Å². The zero-order valence-electron chi connectivity index (χ0n) is 13.4. The number of ether oxygens (including phenoxy) is 1. The van der Waals surface area contributed by atoms with Gasteiger partial charge in [0.25, 0.3) is 0 Å².